The zero-order valence-electron chi connectivity index (χ0n) is 11.9. The van der Waals surface area contributed by atoms with Gasteiger partial charge in [-0.25, -0.2) is 0 Å². The summed E-state index contributed by atoms with van der Waals surface area (Å²) in [5.74, 6) is -0.331. The molecule has 1 saturated heterocycles. The molecule has 7 heteroatoms. The van der Waals surface area contributed by atoms with Gasteiger partial charge in [0, 0.05) is 32.4 Å². The van der Waals surface area contributed by atoms with Crippen LogP contribution in [0.2, 0.25) is 0 Å². The lowest BCUT2D eigenvalue weighted by molar-refractivity contribution is -0.136. The standard InChI is InChI=1S/C14H19N3O4/c1-21-9-13(19)17-4-2-11(3-5-17)16-14(20)10-6-12(18)8-15-7-10/h6-8,11,18H,2-5,9H2,1H3,(H,16,20). The van der Waals surface area contributed by atoms with Crippen LogP contribution >= 0.6 is 0 Å². The van der Waals surface area contributed by atoms with Crippen LogP contribution in [0.3, 0.4) is 0 Å². The van der Waals surface area contributed by atoms with Gasteiger partial charge < -0.3 is 20.1 Å². The fraction of sp³-hybridized carbons (Fsp3) is 0.500. The van der Waals surface area contributed by atoms with E-state index >= 15 is 0 Å². The molecular formula is C14H19N3O4. The van der Waals surface area contributed by atoms with E-state index in [9.17, 15) is 14.7 Å². The summed E-state index contributed by atoms with van der Waals surface area (Å²) < 4.78 is 4.83. The minimum atomic E-state index is -0.264. The first kappa shape index (κ1) is 15.2. The number of pyridine rings is 1. The number of aromatic nitrogens is 1. The molecule has 0 aliphatic carbocycles. The van der Waals surface area contributed by atoms with Crippen LogP contribution in [-0.4, -0.2) is 59.7 Å². The average molecular weight is 293 g/mol. The zero-order valence-corrected chi connectivity index (χ0v) is 11.9. The normalized spacial score (nSPS) is 15.8. The van der Waals surface area contributed by atoms with E-state index in [0.717, 1.165) is 0 Å². The number of methoxy groups -OCH3 is 1. The highest BCUT2D eigenvalue weighted by Crippen LogP contribution is 2.13. The molecule has 2 amide bonds. The molecule has 21 heavy (non-hydrogen) atoms. The maximum Gasteiger partial charge on any atom is 0.253 e. The highest BCUT2D eigenvalue weighted by Gasteiger charge is 2.24. The van der Waals surface area contributed by atoms with Gasteiger partial charge in [-0.2, -0.15) is 0 Å². The minimum Gasteiger partial charge on any atom is -0.506 e. The molecule has 0 atom stereocenters. The number of carbonyl (C=O) groups is 2. The van der Waals surface area contributed by atoms with E-state index in [2.05, 4.69) is 10.3 Å². The van der Waals surface area contributed by atoms with Crippen molar-refractivity contribution >= 4 is 11.8 Å². The van der Waals surface area contributed by atoms with Crippen molar-refractivity contribution in [3.05, 3.63) is 24.0 Å². The second-order valence-electron chi connectivity index (χ2n) is 4.99. The second-order valence-corrected chi connectivity index (χ2v) is 4.99. The minimum absolute atomic E-state index is 0.0199. The van der Waals surface area contributed by atoms with Crippen molar-refractivity contribution in [2.75, 3.05) is 26.8 Å². The lowest BCUT2D eigenvalue weighted by atomic mass is 10.0. The highest BCUT2D eigenvalue weighted by molar-refractivity contribution is 5.94. The van der Waals surface area contributed by atoms with E-state index in [0.29, 0.717) is 31.5 Å². The Kier molecular flexibility index (Phi) is 5.10. The maximum atomic E-state index is 12.0. The van der Waals surface area contributed by atoms with Crippen molar-refractivity contribution in [2.45, 2.75) is 18.9 Å². The Balaban J connectivity index is 1.83. The molecule has 114 valence electrons. The van der Waals surface area contributed by atoms with Gasteiger partial charge in [0.05, 0.1) is 11.8 Å². The van der Waals surface area contributed by atoms with Gasteiger partial charge >= 0.3 is 0 Å². The molecule has 0 unspecified atom stereocenters. The van der Waals surface area contributed by atoms with Crippen LogP contribution in [0, 0.1) is 0 Å². The zero-order chi connectivity index (χ0) is 15.2. The molecule has 0 aromatic carbocycles. The lowest BCUT2D eigenvalue weighted by Crippen LogP contribution is -2.47. The van der Waals surface area contributed by atoms with Crippen molar-refractivity contribution in [1.82, 2.24) is 15.2 Å². The van der Waals surface area contributed by atoms with Gasteiger partial charge in [-0.15, -0.1) is 0 Å². The Morgan fingerprint density at radius 1 is 1.43 bits per heavy atom. The van der Waals surface area contributed by atoms with Gasteiger partial charge in [0.1, 0.15) is 12.4 Å². The first-order valence-corrected chi connectivity index (χ1v) is 6.81. The number of rotatable bonds is 4. The van der Waals surface area contributed by atoms with Gasteiger partial charge in [0.15, 0.2) is 0 Å². The molecule has 1 aromatic heterocycles. The first-order valence-electron chi connectivity index (χ1n) is 6.81. The second kappa shape index (κ2) is 7.03. The summed E-state index contributed by atoms with van der Waals surface area (Å²) in [7, 11) is 1.49. The molecule has 0 saturated carbocycles. The SMILES string of the molecule is COCC(=O)N1CCC(NC(=O)c2cncc(O)c2)CC1. The number of piperidine rings is 1. The molecule has 1 aromatic rings. The van der Waals surface area contributed by atoms with Crippen molar-refractivity contribution < 1.29 is 19.4 Å². The van der Waals surface area contributed by atoms with Crippen molar-refractivity contribution in [1.29, 1.82) is 0 Å². The number of amides is 2. The number of aromatic hydroxyl groups is 1. The third kappa shape index (κ3) is 4.16. The van der Waals surface area contributed by atoms with Crippen molar-refractivity contribution in [2.24, 2.45) is 0 Å². The molecule has 7 nitrogen and oxygen atoms in total. The van der Waals surface area contributed by atoms with Crippen LogP contribution in [-0.2, 0) is 9.53 Å². The Labute approximate surface area is 122 Å². The number of carbonyl (C=O) groups excluding carboxylic acids is 2. The van der Waals surface area contributed by atoms with Gasteiger partial charge in [-0.1, -0.05) is 0 Å². The van der Waals surface area contributed by atoms with Crippen LogP contribution in [0.1, 0.15) is 23.2 Å². The van der Waals surface area contributed by atoms with Gasteiger partial charge in [-0.3, -0.25) is 14.6 Å². The van der Waals surface area contributed by atoms with Crippen molar-refractivity contribution in [3.63, 3.8) is 0 Å². The summed E-state index contributed by atoms with van der Waals surface area (Å²) in [4.78, 5) is 29.2. The van der Waals surface area contributed by atoms with E-state index in [-0.39, 0.29) is 30.2 Å². The first-order chi connectivity index (χ1) is 10.1. The topological polar surface area (TPSA) is 91.8 Å². The van der Waals surface area contributed by atoms with Crippen LogP contribution in [0.15, 0.2) is 18.5 Å². The summed E-state index contributed by atoms with van der Waals surface area (Å²) in [5, 5.41) is 12.2. The van der Waals surface area contributed by atoms with E-state index in [1.807, 2.05) is 0 Å². The van der Waals surface area contributed by atoms with Crippen molar-refractivity contribution in [3.8, 4) is 5.75 Å². The fourth-order valence-electron chi connectivity index (χ4n) is 2.31. The van der Waals surface area contributed by atoms with Crippen LogP contribution in [0.4, 0.5) is 0 Å². The summed E-state index contributed by atoms with van der Waals surface area (Å²) in [6, 6.07) is 1.39. The highest BCUT2D eigenvalue weighted by atomic mass is 16.5. The van der Waals surface area contributed by atoms with Gasteiger partial charge in [0.25, 0.3) is 5.91 Å². The van der Waals surface area contributed by atoms with Crippen LogP contribution < -0.4 is 5.32 Å². The molecule has 2 N–H and O–H groups in total. The monoisotopic (exact) mass is 293 g/mol. The number of nitrogens with one attached hydrogen (secondary N) is 1. The molecule has 0 bridgehead atoms. The quantitative estimate of drug-likeness (QED) is 0.825. The van der Waals surface area contributed by atoms with E-state index in [1.165, 1.54) is 25.6 Å². The number of ether oxygens (including phenoxy) is 1. The Hall–Kier alpha value is -2.15. The Morgan fingerprint density at radius 2 is 2.14 bits per heavy atom. The maximum absolute atomic E-state index is 12.0. The summed E-state index contributed by atoms with van der Waals surface area (Å²) in [5.41, 5.74) is 0.327. The fourth-order valence-corrected chi connectivity index (χ4v) is 2.31. The summed E-state index contributed by atoms with van der Waals surface area (Å²) >= 11 is 0. The predicted octanol–water partition coefficient (Wildman–Crippen LogP) is 0.154. The van der Waals surface area contributed by atoms with E-state index in [4.69, 9.17) is 4.74 Å². The predicted molar refractivity (Wildman–Crippen MR) is 74.8 cm³/mol. The average Bonchev–Trinajstić information content (AvgIpc) is 2.48. The van der Waals surface area contributed by atoms with Crippen LogP contribution in [0.25, 0.3) is 0 Å². The molecule has 1 aliphatic rings. The molecule has 0 spiro atoms. The largest absolute Gasteiger partial charge is 0.506 e. The Bertz CT molecular complexity index is 513. The van der Waals surface area contributed by atoms with Gasteiger partial charge in [0.2, 0.25) is 5.91 Å². The molecule has 1 aliphatic heterocycles. The molecule has 2 rings (SSSR count). The summed E-state index contributed by atoms with van der Waals surface area (Å²) in [6.07, 6.45) is 4.09. The van der Waals surface area contributed by atoms with Crippen LogP contribution in [0.5, 0.6) is 5.75 Å². The molecule has 1 fully saturated rings. The number of likely N-dealkylation sites (tertiary alicyclic amines) is 1. The molecular weight excluding hydrogens is 274 g/mol. The third-order valence-electron chi connectivity index (χ3n) is 3.44. The smallest absolute Gasteiger partial charge is 0.253 e. The Morgan fingerprint density at radius 3 is 2.76 bits per heavy atom. The van der Waals surface area contributed by atoms with Gasteiger partial charge in [-0.05, 0) is 18.9 Å². The van der Waals surface area contributed by atoms with E-state index < -0.39 is 0 Å². The molecule has 2 heterocycles. The third-order valence-corrected chi connectivity index (χ3v) is 3.44. The summed E-state index contributed by atoms with van der Waals surface area (Å²) in [6.45, 7) is 1.29. The lowest BCUT2D eigenvalue weighted by Gasteiger charge is -2.32. The molecule has 0 radical (unpaired) electrons. The number of hydrogen-bond acceptors (Lipinski definition) is 5. The number of hydrogen-bond donors (Lipinski definition) is 2. The number of nitrogens with zero attached hydrogens (tertiary/aromatic N) is 2. The van der Waals surface area contributed by atoms with E-state index in [1.54, 1.807) is 4.90 Å².